The predicted molar refractivity (Wildman–Crippen MR) is 122 cm³/mol. The first-order valence-corrected chi connectivity index (χ1v) is 11.1. The van der Waals surface area contributed by atoms with Crippen LogP contribution in [0.4, 0.5) is 5.69 Å². The Kier molecular flexibility index (Phi) is 5.45. The van der Waals surface area contributed by atoms with Crippen molar-refractivity contribution in [3.8, 4) is 5.75 Å². The number of halogens is 2. The molecule has 1 aliphatic heterocycles. The third-order valence-electron chi connectivity index (χ3n) is 6.33. The highest BCUT2D eigenvalue weighted by atomic mass is 35.5. The molecule has 0 aromatic heterocycles. The van der Waals surface area contributed by atoms with Crippen molar-refractivity contribution in [2.45, 2.75) is 6.42 Å². The van der Waals surface area contributed by atoms with Crippen molar-refractivity contribution in [3.05, 3.63) is 79.8 Å². The third-order valence-corrected chi connectivity index (χ3v) is 6.87. The van der Waals surface area contributed by atoms with E-state index in [2.05, 4.69) is 5.10 Å². The second kappa shape index (κ2) is 8.34. The lowest BCUT2D eigenvalue weighted by atomic mass is 9.85. The zero-order valence-corrected chi connectivity index (χ0v) is 18.8. The van der Waals surface area contributed by atoms with E-state index in [-0.39, 0.29) is 28.0 Å². The molecule has 4 atom stereocenters. The average molecular weight is 500 g/mol. The van der Waals surface area contributed by atoms with Gasteiger partial charge in [-0.05, 0) is 42.5 Å². The van der Waals surface area contributed by atoms with E-state index in [4.69, 9.17) is 27.9 Å². The van der Waals surface area contributed by atoms with E-state index in [0.717, 1.165) is 23.7 Å². The largest absolute Gasteiger partial charge is 0.415 e. The summed E-state index contributed by atoms with van der Waals surface area (Å²) in [5, 5.41) is 16.7. The van der Waals surface area contributed by atoms with Crippen LogP contribution in [0, 0.1) is 33.8 Å². The monoisotopic (exact) mass is 499 g/mol. The minimum absolute atomic E-state index is 0.00865. The second-order valence-electron chi connectivity index (χ2n) is 8.20. The molecular formula is C23H15Cl2N3O6. The number of carbonyl (C=O) groups is 3. The molecule has 2 aliphatic carbocycles. The number of esters is 1. The van der Waals surface area contributed by atoms with Crippen LogP contribution in [-0.4, -0.2) is 33.9 Å². The molecule has 2 amide bonds. The van der Waals surface area contributed by atoms with E-state index in [0.29, 0.717) is 5.02 Å². The number of benzene rings is 2. The molecule has 0 unspecified atom stereocenters. The number of hydrazone groups is 1. The molecule has 1 saturated carbocycles. The highest BCUT2D eigenvalue weighted by Crippen LogP contribution is 2.52. The van der Waals surface area contributed by atoms with Crippen LogP contribution in [0.2, 0.25) is 10.0 Å². The second-order valence-corrected chi connectivity index (χ2v) is 9.04. The molecule has 2 aromatic carbocycles. The number of hydrogen-bond donors (Lipinski definition) is 0. The zero-order chi connectivity index (χ0) is 24.1. The Morgan fingerprint density at radius 1 is 1.12 bits per heavy atom. The van der Waals surface area contributed by atoms with Crippen LogP contribution < -0.4 is 4.74 Å². The molecular weight excluding hydrogens is 485 g/mol. The van der Waals surface area contributed by atoms with Crippen molar-refractivity contribution in [1.82, 2.24) is 5.01 Å². The van der Waals surface area contributed by atoms with E-state index in [1.165, 1.54) is 30.3 Å². The average Bonchev–Trinajstić information content (AvgIpc) is 3.47. The first kappa shape index (κ1) is 22.2. The Labute approximate surface area is 202 Å². The Balaban J connectivity index is 1.46. The third kappa shape index (κ3) is 3.57. The molecule has 5 rings (SSSR count). The summed E-state index contributed by atoms with van der Waals surface area (Å²) in [4.78, 5) is 49.2. The van der Waals surface area contributed by atoms with Gasteiger partial charge < -0.3 is 4.74 Å². The maximum atomic E-state index is 12.8. The van der Waals surface area contributed by atoms with Crippen molar-refractivity contribution >= 4 is 52.9 Å². The molecule has 1 heterocycles. The normalized spacial score (nSPS) is 24.8. The Morgan fingerprint density at radius 3 is 2.41 bits per heavy atom. The van der Waals surface area contributed by atoms with Gasteiger partial charge in [-0.2, -0.15) is 10.1 Å². The summed E-state index contributed by atoms with van der Waals surface area (Å²) in [6, 6.07) is 8.04. The lowest BCUT2D eigenvalue weighted by molar-refractivity contribution is -0.385. The molecule has 2 fully saturated rings. The smallest absolute Gasteiger partial charge is 0.345 e. The molecule has 1 saturated heterocycles. The lowest BCUT2D eigenvalue weighted by Crippen LogP contribution is -2.28. The standard InChI is InChI=1S/C23H15Cl2N3O6/c24-14-6-7-15(16(25)9-14)23(31)34-20-13(2-1-3-17(20)28(32)33)10-26-27-21(29)18-11-4-5-12(8-11)19(18)22(27)30/h1-7,9-12,18-19H,8H2/t11-,12-,18-,19+/m0/s1. The number of nitrogens with zero attached hydrogens (tertiary/aromatic N) is 3. The summed E-state index contributed by atoms with van der Waals surface area (Å²) < 4.78 is 5.33. The number of fused-ring (bicyclic) bond motifs is 5. The maximum absolute atomic E-state index is 12.8. The van der Waals surface area contributed by atoms with Crippen LogP contribution in [0.25, 0.3) is 0 Å². The first-order chi connectivity index (χ1) is 16.3. The van der Waals surface area contributed by atoms with E-state index in [1.54, 1.807) is 0 Å². The molecule has 3 aliphatic rings. The van der Waals surface area contributed by atoms with Crippen molar-refractivity contribution in [3.63, 3.8) is 0 Å². The van der Waals surface area contributed by atoms with Crippen LogP contribution in [-0.2, 0) is 9.59 Å². The number of nitro groups is 1. The first-order valence-electron chi connectivity index (χ1n) is 10.3. The quantitative estimate of drug-likeness (QED) is 0.115. The van der Waals surface area contributed by atoms with Gasteiger partial charge >= 0.3 is 11.7 Å². The van der Waals surface area contributed by atoms with Crippen molar-refractivity contribution < 1.29 is 24.0 Å². The van der Waals surface area contributed by atoms with Crippen LogP contribution in [0.15, 0.2) is 53.7 Å². The van der Waals surface area contributed by atoms with E-state index in [9.17, 15) is 24.5 Å². The molecule has 0 N–H and O–H groups in total. The number of hydrogen-bond acceptors (Lipinski definition) is 7. The van der Waals surface area contributed by atoms with Gasteiger partial charge in [0.1, 0.15) is 0 Å². The summed E-state index contributed by atoms with van der Waals surface area (Å²) in [7, 11) is 0. The van der Waals surface area contributed by atoms with E-state index >= 15 is 0 Å². The zero-order valence-electron chi connectivity index (χ0n) is 17.3. The molecule has 0 spiro atoms. The van der Waals surface area contributed by atoms with Gasteiger partial charge in [-0.15, -0.1) is 0 Å². The summed E-state index contributed by atoms with van der Waals surface area (Å²) in [6.07, 6.45) is 5.81. The highest BCUT2D eigenvalue weighted by Gasteiger charge is 2.59. The number of amides is 2. The maximum Gasteiger partial charge on any atom is 0.345 e. The van der Waals surface area contributed by atoms with Gasteiger partial charge in [-0.25, -0.2) is 4.79 Å². The lowest BCUT2D eigenvalue weighted by Gasteiger charge is -2.13. The summed E-state index contributed by atoms with van der Waals surface area (Å²) in [5.41, 5.74) is -0.514. The van der Waals surface area contributed by atoms with Gasteiger partial charge in [-0.1, -0.05) is 41.4 Å². The minimum Gasteiger partial charge on any atom is -0.415 e. The van der Waals surface area contributed by atoms with Crippen LogP contribution >= 0.6 is 23.2 Å². The fraction of sp³-hybridized carbons (Fsp3) is 0.217. The van der Waals surface area contributed by atoms with Crippen LogP contribution in [0.5, 0.6) is 5.75 Å². The van der Waals surface area contributed by atoms with Gasteiger partial charge in [0.15, 0.2) is 0 Å². The number of rotatable bonds is 5. The van der Waals surface area contributed by atoms with Gasteiger partial charge in [-0.3, -0.25) is 19.7 Å². The van der Waals surface area contributed by atoms with E-state index < -0.39 is 46.0 Å². The van der Waals surface area contributed by atoms with Gasteiger partial charge in [0, 0.05) is 16.7 Å². The van der Waals surface area contributed by atoms with Crippen molar-refractivity contribution in [2.75, 3.05) is 0 Å². The fourth-order valence-electron chi connectivity index (χ4n) is 4.82. The molecule has 0 radical (unpaired) electrons. The molecule has 34 heavy (non-hydrogen) atoms. The highest BCUT2D eigenvalue weighted by molar-refractivity contribution is 6.36. The molecule has 11 heteroatoms. The number of carbonyl (C=O) groups excluding carboxylic acids is 3. The number of imide groups is 1. The van der Waals surface area contributed by atoms with Gasteiger partial charge in [0.2, 0.25) is 5.75 Å². The number of allylic oxidation sites excluding steroid dienone is 2. The predicted octanol–water partition coefficient (Wildman–Crippen LogP) is 4.26. The Morgan fingerprint density at radius 2 is 1.79 bits per heavy atom. The van der Waals surface area contributed by atoms with Crippen molar-refractivity contribution in [1.29, 1.82) is 0 Å². The fourth-order valence-corrected chi connectivity index (χ4v) is 5.31. The van der Waals surface area contributed by atoms with Crippen molar-refractivity contribution in [2.24, 2.45) is 28.8 Å². The Hall–Kier alpha value is -3.56. The number of para-hydroxylation sites is 1. The SMILES string of the molecule is O=C(Oc1c(C=NN2C(=O)[C@@H]3[C@H](C2=O)[C@H]2C=C[C@H]3C2)cccc1[N+](=O)[O-])c1ccc(Cl)cc1Cl. The minimum atomic E-state index is -0.948. The molecule has 9 nitrogen and oxygen atoms in total. The summed E-state index contributed by atoms with van der Waals surface area (Å²) >= 11 is 11.9. The molecule has 2 bridgehead atoms. The number of ether oxygens (including phenoxy) is 1. The Bertz CT molecular complexity index is 1290. The summed E-state index contributed by atoms with van der Waals surface area (Å²) in [5.74, 6) is -2.98. The van der Waals surface area contributed by atoms with Gasteiger partial charge in [0.05, 0.1) is 33.6 Å². The molecule has 2 aromatic rings. The van der Waals surface area contributed by atoms with E-state index in [1.807, 2.05) is 12.2 Å². The van der Waals surface area contributed by atoms with Crippen LogP contribution in [0.3, 0.4) is 0 Å². The van der Waals surface area contributed by atoms with Crippen LogP contribution in [0.1, 0.15) is 22.3 Å². The topological polar surface area (TPSA) is 119 Å². The summed E-state index contributed by atoms with van der Waals surface area (Å²) in [6.45, 7) is 0. The van der Waals surface area contributed by atoms with Gasteiger partial charge in [0.25, 0.3) is 11.8 Å². The number of nitro benzene ring substituents is 1. The molecule has 172 valence electrons.